The zero-order valence-electron chi connectivity index (χ0n) is 6.42. The Bertz CT molecular complexity index is 113. The van der Waals surface area contributed by atoms with E-state index in [2.05, 4.69) is 5.32 Å². The Balaban J connectivity index is 2.05. The van der Waals surface area contributed by atoms with Crippen molar-refractivity contribution < 1.29 is 14.2 Å². The predicted molar refractivity (Wildman–Crippen MR) is 39.2 cm³/mol. The van der Waals surface area contributed by atoms with Crippen LogP contribution >= 0.6 is 0 Å². The molecule has 2 atom stereocenters. The maximum Gasteiger partial charge on any atom is 0.102 e. The number of hydrogen-bond donors (Lipinski definition) is 2. The average Bonchev–Trinajstić information content (AvgIpc) is 2.37. The first-order valence-electron chi connectivity index (χ1n) is 3.87. The number of aliphatic hydroxyl groups is 1. The highest BCUT2D eigenvalue weighted by atomic mass is 19.1. The van der Waals surface area contributed by atoms with Crippen molar-refractivity contribution in [3.63, 3.8) is 0 Å². The van der Waals surface area contributed by atoms with Gasteiger partial charge in [-0.1, -0.05) is 0 Å². The molecule has 1 heterocycles. The molecule has 0 aromatic rings. The smallest absolute Gasteiger partial charge is 0.102 e. The molecule has 1 aliphatic heterocycles. The Labute approximate surface area is 65.5 Å². The molecule has 1 rings (SSSR count). The zero-order chi connectivity index (χ0) is 8.10. The highest BCUT2D eigenvalue weighted by Crippen LogP contribution is 2.11. The van der Waals surface area contributed by atoms with Gasteiger partial charge in [-0.05, 0) is 0 Å². The molecule has 1 aliphatic rings. The van der Waals surface area contributed by atoms with E-state index in [1.165, 1.54) is 0 Å². The van der Waals surface area contributed by atoms with Crippen LogP contribution < -0.4 is 5.32 Å². The third-order valence-corrected chi connectivity index (χ3v) is 1.84. The Hall–Kier alpha value is -0.190. The lowest BCUT2D eigenvalue weighted by Gasteiger charge is -2.11. The Morgan fingerprint density at radius 2 is 2.36 bits per heavy atom. The summed E-state index contributed by atoms with van der Waals surface area (Å²) in [6.07, 6.45) is -0.373. The summed E-state index contributed by atoms with van der Waals surface area (Å²) in [6, 6.07) is 0. The lowest BCUT2D eigenvalue weighted by atomic mass is 10.1. The summed E-state index contributed by atoms with van der Waals surface area (Å²) in [4.78, 5) is 0. The van der Waals surface area contributed by atoms with E-state index in [4.69, 9.17) is 4.74 Å². The lowest BCUT2D eigenvalue weighted by molar-refractivity contribution is 0.118. The predicted octanol–water partition coefficient (Wildman–Crippen LogP) is -0.447. The van der Waals surface area contributed by atoms with Gasteiger partial charge >= 0.3 is 0 Å². The fraction of sp³-hybridized carbons (Fsp3) is 1.00. The molecule has 0 aromatic carbocycles. The number of alkyl halides is 1. The van der Waals surface area contributed by atoms with Crippen molar-refractivity contribution in [3.8, 4) is 0 Å². The number of ether oxygens (including phenoxy) is 1. The molecule has 2 N–H and O–H groups in total. The van der Waals surface area contributed by atoms with E-state index < -0.39 is 0 Å². The maximum absolute atomic E-state index is 11.6. The summed E-state index contributed by atoms with van der Waals surface area (Å²) < 4.78 is 16.6. The normalized spacial score (nSPS) is 31.1. The third kappa shape index (κ3) is 2.73. The number of aliphatic hydroxyl groups excluding tert-OH is 1. The average molecular weight is 163 g/mol. The quantitative estimate of drug-likeness (QED) is 0.552. The first-order chi connectivity index (χ1) is 5.34. The van der Waals surface area contributed by atoms with Gasteiger partial charge in [-0.3, -0.25) is 0 Å². The van der Waals surface area contributed by atoms with E-state index in [9.17, 15) is 9.50 Å². The standard InChI is InChI=1S/C7H14FNO2/c8-1-2-9-3-6-4-11-5-7(6)10/h6-7,9-10H,1-5H2. The van der Waals surface area contributed by atoms with Crippen LogP contribution in [0.1, 0.15) is 0 Å². The van der Waals surface area contributed by atoms with Crippen molar-refractivity contribution in [3.05, 3.63) is 0 Å². The Morgan fingerprint density at radius 1 is 1.55 bits per heavy atom. The highest BCUT2D eigenvalue weighted by Gasteiger charge is 2.25. The second kappa shape index (κ2) is 4.64. The van der Waals surface area contributed by atoms with Crippen molar-refractivity contribution in [1.29, 1.82) is 0 Å². The number of hydrogen-bond acceptors (Lipinski definition) is 3. The molecular formula is C7H14FNO2. The van der Waals surface area contributed by atoms with E-state index in [1.54, 1.807) is 0 Å². The third-order valence-electron chi connectivity index (χ3n) is 1.84. The highest BCUT2D eigenvalue weighted by molar-refractivity contribution is 4.75. The van der Waals surface area contributed by atoms with Crippen LogP contribution in [0.4, 0.5) is 4.39 Å². The van der Waals surface area contributed by atoms with E-state index in [1.807, 2.05) is 0 Å². The first kappa shape index (κ1) is 8.90. The molecule has 0 saturated carbocycles. The van der Waals surface area contributed by atoms with Crippen molar-refractivity contribution in [2.75, 3.05) is 33.0 Å². The second-order valence-electron chi connectivity index (χ2n) is 2.76. The molecule has 3 nitrogen and oxygen atoms in total. The number of rotatable bonds is 4. The van der Waals surface area contributed by atoms with Gasteiger partial charge in [0.2, 0.25) is 0 Å². The minimum absolute atomic E-state index is 0.140. The molecule has 0 spiro atoms. The van der Waals surface area contributed by atoms with E-state index in [-0.39, 0.29) is 18.7 Å². The van der Waals surface area contributed by atoms with Gasteiger partial charge in [0, 0.05) is 19.0 Å². The van der Waals surface area contributed by atoms with Crippen LogP contribution in [0.15, 0.2) is 0 Å². The minimum Gasteiger partial charge on any atom is -0.390 e. The van der Waals surface area contributed by atoms with Gasteiger partial charge in [0.25, 0.3) is 0 Å². The maximum atomic E-state index is 11.6. The summed E-state index contributed by atoms with van der Waals surface area (Å²) >= 11 is 0. The summed E-state index contributed by atoms with van der Waals surface area (Å²) in [5.74, 6) is 0.140. The molecule has 0 amide bonds. The molecule has 66 valence electrons. The summed E-state index contributed by atoms with van der Waals surface area (Å²) in [6.45, 7) is 1.65. The molecule has 0 radical (unpaired) electrons. The number of nitrogens with one attached hydrogen (secondary N) is 1. The SMILES string of the molecule is OC1COCC1CNCCF. The zero-order valence-corrected chi connectivity index (χ0v) is 6.42. The fourth-order valence-electron chi connectivity index (χ4n) is 1.14. The van der Waals surface area contributed by atoms with Crippen LogP contribution in [0.25, 0.3) is 0 Å². The van der Waals surface area contributed by atoms with E-state index in [0.29, 0.717) is 26.3 Å². The molecule has 4 heteroatoms. The molecule has 0 aliphatic carbocycles. The Kier molecular flexibility index (Phi) is 3.76. The van der Waals surface area contributed by atoms with Crippen molar-refractivity contribution in [2.24, 2.45) is 5.92 Å². The second-order valence-corrected chi connectivity index (χ2v) is 2.76. The van der Waals surface area contributed by atoms with Crippen LogP contribution in [-0.2, 0) is 4.74 Å². The van der Waals surface area contributed by atoms with Gasteiger partial charge in [0.05, 0.1) is 19.3 Å². The van der Waals surface area contributed by atoms with Crippen LogP contribution in [-0.4, -0.2) is 44.2 Å². The lowest BCUT2D eigenvalue weighted by Crippen LogP contribution is -2.31. The molecular weight excluding hydrogens is 149 g/mol. The first-order valence-corrected chi connectivity index (χ1v) is 3.87. The van der Waals surface area contributed by atoms with Crippen LogP contribution in [0.5, 0.6) is 0 Å². The van der Waals surface area contributed by atoms with Gasteiger partial charge < -0.3 is 15.2 Å². The monoisotopic (exact) mass is 163 g/mol. The molecule has 2 unspecified atom stereocenters. The van der Waals surface area contributed by atoms with Crippen LogP contribution in [0, 0.1) is 5.92 Å². The van der Waals surface area contributed by atoms with Crippen molar-refractivity contribution >= 4 is 0 Å². The van der Waals surface area contributed by atoms with Crippen molar-refractivity contribution in [1.82, 2.24) is 5.32 Å². The summed E-state index contributed by atoms with van der Waals surface area (Å²) in [7, 11) is 0. The van der Waals surface area contributed by atoms with Gasteiger partial charge in [0.1, 0.15) is 6.67 Å². The number of halogens is 1. The molecule has 11 heavy (non-hydrogen) atoms. The van der Waals surface area contributed by atoms with Gasteiger partial charge in [-0.15, -0.1) is 0 Å². The van der Waals surface area contributed by atoms with Crippen LogP contribution in [0.2, 0.25) is 0 Å². The van der Waals surface area contributed by atoms with Gasteiger partial charge in [-0.2, -0.15) is 0 Å². The van der Waals surface area contributed by atoms with E-state index >= 15 is 0 Å². The minimum atomic E-state index is -0.373. The topological polar surface area (TPSA) is 41.5 Å². The Morgan fingerprint density at radius 3 is 2.91 bits per heavy atom. The summed E-state index contributed by atoms with van der Waals surface area (Å²) in [5.41, 5.74) is 0. The molecule has 0 bridgehead atoms. The fourth-order valence-corrected chi connectivity index (χ4v) is 1.14. The van der Waals surface area contributed by atoms with Crippen molar-refractivity contribution in [2.45, 2.75) is 6.10 Å². The summed E-state index contributed by atoms with van der Waals surface area (Å²) in [5, 5.41) is 12.1. The van der Waals surface area contributed by atoms with Gasteiger partial charge in [0.15, 0.2) is 0 Å². The molecule has 1 saturated heterocycles. The largest absolute Gasteiger partial charge is 0.390 e. The van der Waals surface area contributed by atoms with Gasteiger partial charge in [-0.25, -0.2) is 4.39 Å². The molecule has 1 fully saturated rings. The van der Waals surface area contributed by atoms with Crippen LogP contribution in [0.3, 0.4) is 0 Å². The van der Waals surface area contributed by atoms with E-state index in [0.717, 1.165) is 0 Å². The molecule has 0 aromatic heterocycles.